The van der Waals surface area contributed by atoms with Gasteiger partial charge >= 0.3 is 12.1 Å². The van der Waals surface area contributed by atoms with Crippen molar-refractivity contribution >= 4 is 12.1 Å². The second-order valence-corrected chi connectivity index (χ2v) is 7.96. The summed E-state index contributed by atoms with van der Waals surface area (Å²) in [4.78, 5) is 25.8. The Balaban J connectivity index is 1.48. The third-order valence-corrected chi connectivity index (χ3v) is 6.19. The summed E-state index contributed by atoms with van der Waals surface area (Å²) in [7, 11) is 0. The maximum absolute atomic E-state index is 12.8. The molecule has 1 heterocycles. The third-order valence-electron chi connectivity index (χ3n) is 6.19. The molecule has 1 aliphatic carbocycles. The molecule has 0 bridgehead atoms. The van der Waals surface area contributed by atoms with E-state index in [0.717, 1.165) is 0 Å². The molecule has 1 aliphatic heterocycles. The zero-order chi connectivity index (χ0) is 19.8. The van der Waals surface area contributed by atoms with Crippen molar-refractivity contribution < 1.29 is 19.4 Å². The summed E-state index contributed by atoms with van der Waals surface area (Å²) in [6, 6.07) is 16.3. The largest absolute Gasteiger partial charge is 0.481 e. The van der Waals surface area contributed by atoms with Crippen molar-refractivity contribution in [2.75, 3.05) is 13.2 Å². The monoisotopic (exact) mass is 379 g/mol. The van der Waals surface area contributed by atoms with Crippen LogP contribution in [-0.2, 0) is 9.53 Å². The Hall–Kier alpha value is -2.82. The molecule has 3 unspecified atom stereocenters. The lowest BCUT2D eigenvalue weighted by Crippen LogP contribution is -2.50. The number of likely N-dealkylation sites (tertiary alicyclic amines) is 1. The lowest BCUT2D eigenvalue weighted by atomic mass is 9.83. The summed E-state index contributed by atoms with van der Waals surface area (Å²) in [5, 5.41) is 9.35. The lowest BCUT2D eigenvalue weighted by molar-refractivity contribution is -0.146. The van der Waals surface area contributed by atoms with E-state index in [-0.39, 0.29) is 30.6 Å². The van der Waals surface area contributed by atoms with Gasteiger partial charge in [0.25, 0.3) is 0 Å². The van der Waals surface area contributed by atoms with E-state index in [9.17, 15) is 14.7 Å². The van der Waals surface area contributed by atoms with Crippen molar-refractivity contribution in [3.8, 4) is 11.1 Å². The minimum absolute atomic E-state index is 0.0284. The van der Waals surface area contributed by atoms with Crippen LogP contribution in [0.3, 0.4) is 0 Å². The molecule has 0 aromatic heterocycles. The number of amides is 1. The van der Waals surface area contributed by atoms with Crippen LogP contribution in [0.1, 0.15) is 37.3 Å². The van der Waals surface area contributed by atoms with Crippen LogP contribution in [0.15, 0.2) is 48.5 Å². The maximum Gasteiger partial charge on any atom is 0.410 e. The average molecular weight is 379 g/mol. The average Bonchev–Trinajstić information content (AvgIpc) is 3.01. The zero-order valence-corrected chi connectivity index (χ0v) is 16.2. The van der Waals surface area contributed by atoms with Gasteiger partial charge in [-0.2, -0.15) is 0 Å². The van der Waals surface area contributed by atoms with Crippen LogP contribution in [0.25, 0.3) is 11.1 Å². The highest BCUT2D eigenvalue weighted by Gasteiger charge is 2.38. The van der Waals surface area contributed by atoms with Crippen LogP contribution in [0.2, 0.25) is 0 Å². The predicted molar refractivity (Wildman–Crippen MR) is 106 cm³/mol. The Labute approximate surface area is 164 Å². The number of rotatable bonds is 3. The summed E-state index contributed by atoms with van der Waals surface area (Å²) in [6.07, 6.45) is 0.103. The zero-order valence-electron chi connectivity index (χ0n) is 16.2. The van der Waals surface area contributed by atoms with Crippen LogP contribution in [0, 0.1) is 11.8 Å². The van der Waals surface area contributed by atoms with Crippen LogP contribution in [-0.4, -0.2) is 41.3 Å². The first kappa shape index (κ1) is 18.5. The highest BCUT2D eigenvalue weighted by molar-refractivity contribution is 5.79. The fraction of sp³-hybridized carbons (Fsp3) is 0.391. The number of fused-ring (bicyclic) bond motifs is 3. The quantitative estimate of drug-likeness (QED) is 0.860. The molecule has 146 valence electrons. The smallest absolute Gasteiger partial charge is 0.410 e. The fourth-order valence-corrected chi connectivity index (χ4v) is 4.62. The van der Waals surface area contributed by atoms with Gasteiger partial charge in [-0.3, -0.25) is 4.79 Å². The van der Waals surface area contributed by atoms with E-state index >= 15 is 0 Å². The van der Waals surface area contributed by atoms with E-state index in [2.05, 4.69) is 24.3 Å². The number of nitrogens with zero attached hydrogens (tertiary/aromatic N) is 1. The topological polar surface area (TPSA) is 66.8 Å². The molecule has 5 heteroatoms. The summed E-state index contributed by atoms with van der Waals surface area (Å²) in [5.41, 5.74) is 4.76. The van der Waals surface area contributed by atoms with Gasteiger partial charge in [0, 0.05) is 18.5 Å². The molecule has 0 spiro atoms. The van der Waals surface area contributed by atoms with E-state index in [1.807, 2.05) is 38.1 Å². The van der Waals surface area contributed by atoms with E-state index < -0.39 is 11.9 Å². The van der Waals surface area contributed by atoms with Gasteiger partial charge in [0.05, 0.1) is 5.92 Å². The second kappa shape index (κ2) is 7.30. The number of carboxylic acids is 1. The van der Waals surface area contributed by atoms with Gasteiger partial charge in [0.2, 0.25) is 0 Å². The molecule has 2 aromatic rings. The third kappa shape index (κ3) is 3.15. The number of hydrogen-bond acceptors (Lipinski definition) is 3. The van der Waals surface area contributed by atoms with Crippen LogP contribution in [0.4, 0.5) is 4.79 Å². The van der Waals surface area contributed by atoms with Crippen LogP contribution in [0.5, 0.6) is 0 Å². The van der Waals surface area contributed by atoms with Gasteiger partial charge in [-0.15, -0.1) is 0 Å². The highest BCUT2D eigenvalue weighted by atomic mass is 16.6. The summed E-state index contributed by atoms with van der Waals surface area (Å²) in [6.45, 7) is 4.47. The van der Waals surface area contributed by atoms with Gasteiger partial charge in [-0.25, -0.2) is 4.79 Å². The number of aliphatic carboxylic acids is 1. The molecule has 5 nitrogen and oxygen atoms in total. The van der Waals surface area contributed by atoms with Gasteiger partial charge in [0.1, 0.15) is 6.61 Å². The first-order valence-electron chi connectivity index (χ1n) is 9.81. The van der Waals surface area contributed by atoms with Crippen molar-refractivity contribution in [1.29, 1.82) is 0 Å². The normalized spacial score (nSPS) is 23.8. The number of carbonyl (C=O) groups excluding carboxylic acids is 1. The first-order chi connectivity index (χ1) is 13.5. The molecule has 1 N–H and O–H groups in total. The molecular formula is C23H25NO4. The molecule has 1 saturated heterocycles. The molecule has 3 atom stereocenters. The summed E-state index contributed by atoms with van der Waals surface area (Å²) in [5.74, 6) is -1.26. The van der Waals surface area contributed by atoms with Crippen LogP contribution < -0.4 is 0 Å². The summed E-state index contributed by atoms with van der Waals surface area (Å²) >= 11 is 0. The van der Waals surface area contributed by atoms with E-state index in [1.165, 1.54) is 22.3 Å². The molecule has 4 rings (SSSR count). The van der Waals surface area contributed by atoms with Gasteiger partial charge in [0.15, 0.2) is 0 Å². The lowest BCUT2D eigenvalue weighted by Gasteiger charge is -2.39. The molecule has 2 aliphatic rings. The predicted octanol–water partition coefficient (Wildman–Crippen LogP) is 4.37. The fourth-order valence-electron chi connectivity index (χ4n) is 4.62. The number of carboxylic acid groups (broad SMARTS) is 1. The van der Waals surface area contributed by atoms with Crippen molar-refractivity contribution in [1.82, 2.24) is 4.90 Å². The molecule has 2 aromatic carbocycles. The number of hydrogen-bond donors (Lipinski definition) is 1. The molecular weight excluding hydrogens is 354 g/mol. The Morgan fingerprint density at radius 2 is 1.61 bits per heavy atom. The number of ether oxygens (including phenoxy) is 1. The van der Waals surface area contributed by atoms with Gasteiger partial charge in [-0.05, 0) is 41.5 Å². The Kier molecular flexibility index (Phi) is 4.84. The van der Waals surface area contributed by atoms with Crippen molar-refractivity contribution in [3.05, 3.63) is 59.7 Å². The molecule has 0 radical (unpaired) electrons. The minimum Gasteiger partial charge on any atom is -0.481 e. The molecule has 1 fully saturated rings. The molecule has 1 amide bonds. The second-order valence-electron chi connectivity index (χ2n) is 7.96. The van der Waals surface area contributed by atoms with Crippen molar-refractivity contribution in [2.24, 2.45) is 11.8 Å². The SMILES string of the molecule is CC1CN(C(=O)OCC2c3ccccc3-c3ccccc32)C(C)CC1C(=O)O. The van der Waals surface area contributed by atoms with Crippen LogP contribution >= 0.6 is 0 Å². The number of benzene rings is 2. The minimum atomic E-state index is -0.786. The maximum atomic E-state index is 12.8. The Morgan fingerprint density at radius 3 is 2.18 bits per heavy atom. The van der Waals surface area contributed by atoms with Crippen molar-refractivity contribution in [3.63, 3.8) is 0 Å². The molecule has 0 saturated carbocycles. The van der Waals surface area contributed by atoms with E-state index in [1.54, 1.807) is 4.90 Å². The standard InChI is InChI=1S/C23H25NO4/c1-14-12-24(15(2)11-20(14)22(25)26)23(27)28-13-21-18-9-5-3-7-16(18)17-8-4-6-10-19(17)21/h3-10,14-15,20-21H,11-13H2,1-2H3,(H,25,26). The summed E-state index contributed by atoms with van der Waals surface area (Å²) < 4.78 is 5.73. The van der Waals surface area contributed by atoms with Gasteiger partial charge < -0.3 is 14.7 Å². The Bertz CT molecular complexity index is 863. The Morgan fingerprint density at radius 1 is 1.04 bits per heavy atom. The highest BCUT2D eigenvalue weighted by Crippen LogP contribution is 2.44. The van der Waals surface area contributed by atoms with Crippen molar-refractivity contribution in [2.45, 2.75) is 32.2 Å². The number of piperidine rings is 1. The van der Waals surface area contributed by atoms with E-state index in [0.29, 0.717) is 13.0 Å². The molecule has 28 heavy (non-hydrogen) atoms. The first-order valence-corrected chi connectivity index (χ1v) is 9.81. The number of carbonyl (C=O) groups is 2. The van der Waals surface area contributed by atoms with Gasteiger partial charge in [-0.1, -0.05) is 55.5 Å². The van der Waals surface area contributed by atoms with E-state index in [4.69, 9.17) is 4.74 Å².